The molecule has 0 radical (unpaired) electrons. The van der Waals surface area contributed by atoms with Crippen molar-refractivity contribution in [3.05, 3.63) is 118 Å². The van der Waals surface area contributed by atoms with Gasteiger partial charge in [-0.15, -0.1) is 0 Å². The smallest absolute Gasteiger partial charge is 0.264 e. The van der Waals surface area contributed by atoms with E-state index in [2.05, 4.69) is 5.32 Å². The highest BCUT2D eigenvalue weighted by Crippen LogP contribution is 2.33. The highest BCUT2D eigenvalue weighted by Gasteiger charge is 2.35. The predicted octanol–water partition coefficient (Wildman–Crippen LogP) is 6.76. The molecule has 0 bridgehead atoms. The van der Waals surface area contributed by atoms with Crippen LogP contribution in [-0.2, 0) is 32.6 Å². The van der Waals surface area contributed by atoms with Crippen molar-refractivity contribution >= 4 is 50.7 Å². The minimum absolute atomic E-state index is 0.00293. The van der Waals surface area contributed by atoms with Gasteiger partial charge in [0, 0.05) is 35.6 Å². The first-order chi connectivity index (χ1) is 23.1. The predicted molar refractivity (Wildman–Crippen MR) is 189 cm³/mol. The molecule has 1 atom stereocenters. The third-order valence-electron chi connectivity index (χ3n) is 7.68. The minimum Gasteiger partial charge on any atom is -0.493 e. The molecule has 4 rings (SSSR count). The summed E-state index contributed by atoms with van der Waals surface area (Å²) < 4.78 is 40.4. The van der Waals surface area contributed by atoms with Gasteiger partial charge in [-0.1, -0.05) is 79.0 Å². The molecule has 1 N–H and O–H groups in total. The summed E-state index contributed by atoms with van der Waals surface area (Å²) in [5.74, 6) is -0.393. The second-order valence-corrected chi connectivity index (χ2v) is 13.7. The van der Waals surface area contributed by atoms with E-state index < -0.39 is 28.5 Å². The van der Waals surface area contributed by atoms with Crippen LogP contribution in [0.15, 0.2) is 102 Å². The molecule has 0 spiro atoms. The van der Waals surface area contributed by atoms with Gasteiger partial charge in [-0.3, -0.25) is 13.9 Å². The molecule has 0 aromatic heterocycles. The van der Waals surface area contributed by atoms with Gasteiger partial charge in [-0.2, -0.15) is 0 Å². The van der Waals surface area contributed by atoms with Crippen LogP contribution in [0.5, 0.6) is 11.5 Å². The van der Waals surface area contributed by atoms with Crippen LogP contribution < -0.4 is 19.1 Å². The average molecular weight is 713 g/mol. The molecule has 0 aliphatic carbocycles. The molecule has 12 heteroatoms. The highest BCUT2D eigenvalue weighted by atomic mass is 35.5. The average Bonchev–Trinajstić information content (AvgIpc) is 3.09. The number of methoxy groups -OCH3 is 2. The van der Waals surface area contributed by atoms with Crippen LogP contribution in [0.3, 0.4) is 0 Å². The van der Waals surface area contributed by atoms with Gasteiger partial charge in [0.05, 0.1) is 24.8 Å². The van der Waals surface area contributed by atoms with Gasteiger partial charge in [-0.05, 0) is 66.1 Å². The maximum Gasteiger partial charge on any atom is 0.264 e. The Hall–Kier alpha value is -4.25. The molecule has 9 nitrogen and oxygen atoms in total. The SMILES string of the molecule is CCCCNC(=O)C(Cc1ccccc1)N(Cc1cccc(Cl)c1)C(=O)CN(c1ccc(Cl)cc1)S(=O)(=O)c1ccc(OC)c(OC)c1. The number of ether oxygens (including phenoxy) is 2. The molecule has 4 aromatic rings. The number of sulfonamides is 1. The van der Waals surface area contributed by atoms with E-state index in [1.54, 1.807) is 36.4 Å². The van der Waals surface area contributed by atoms with Crippen molar-refractivity contribution in [2.75, 3.05) is 31.6 Å². The number of nitrogens with one attached hydrogen (secondary N) is 1. The summed E-state index contributed by atoms with van der Waals surface area (Å²) in [6.07, 6.45) is 1.84. The van der Waals surface area contributed by atoms with Crippen molar-refractivity contribution in [2.24, 2.45) is 0 Å². The van der Waals surface area contributed by atoms with E-state index in [0.29, 0.717) is 27.9 Å². The maximum atomic E-state index is 14.6. The molecule has 4 aromatic carbocycles. The number of rotatable bonds is 16. The lowest BCUT2D eigenvalue weighted by Crippen LogP contribution is -2.53. The van der Waals surface area contributed by atoms with E-state index >= 15 is 0 Å². The van der Waals surface area contributed by atoms with Gasteiger partial charge >= 0.3 is 0 Å². The Morgan fingerprint density at radius 3 is 2.15 bits per heavy atom. The zero-order valence-corrected chi connectivity index (χ0v) is 29.4. The van der Waals surface area contributed by atoms with Crippen LogP contribution in [0, 0.1) is 0 Å². The largest absolute Gasteiger partial charge is 0.493 e. The van der Waals surface area contributed by atoms with Gasteiger partial charge in [-0.25, -0.2) is 8.42 Å². The molecule has 0 saturated heterocycles. The summed E-state index contributed by atoms with van der Waals surface area (Å²) in [6.45, 7) is 1.84. The van der Waals surface area contributed by atoms with Gasteiger partial charge < -0.3 is 19.7 Å². The van der Waals surface area contributed by atoms with Gasteiger partial charge in [0.15, 0.2) is 11.5 Å². The van der Waals surface area contributed by atoms with Crippen LogP contribution in [0.4, 0.5) is 5.69 Å². The number of benzene rings is 4. The van der Waals surface area contributed by atoms with E-state index in [0.717, 1.165) is 22.7 Å². The monoisotopic (exact) mass is 711 g/mol. The fourth-order valence-corrected chi connectivity index (χ4v) is 6.90. The summed E-state index contributed by atoms with van der Waals surface area (Å²) in [7, 11) is -1.52. The number of unbranched alkanes of at least 4 members (excludes halogenated alkanes) is 1. The number of carbonyl (C=O) groups is 2. The number of hydrogen-bond donors (Lipinski definition) is 1. The van der Waals surface area contributed by atoms with Crippen molar-refractivity contribution in [1.29, 1.82) is 0 Å². The number of nitrogens with zero attached hydrogens (tertiary/aromatic N) is 2. The highest BCUT2D eigenvalue weighted by molar-refractivity contribution is 7.92. The fraction of sp³-hybridized carbons (Fsp3) is 0.278. The third-order valence-corrected chi connectivity index (χ3v) is 9.94. The summed E-state index contributed by atoms with van der Waals surface area (Å²) in [6, 6.07) is 25.7. The molecule has 2 amide bonds. The van der Waals surface area contributed by atoms with Crippen molar-refractivity contribution in [1.82, 2.24) is 10.2 Å². The summed E-state index contributed by atoms with van der Waals surface area (Å²) >= 11 is 12.5. The van der Waals surface area contributed by atoms with Crippen LogP contribution in [0.25, 0.3) is 0 Å². The lowest BCUT2D eigenvalue weighted by Gasteiger charge is -2.34. The second kappa shape index (κ2) is 17.2. The molecule has 0 aliphatic rings. The Balaban J connectivity index is 1.81. The first-order valence-electron chi connectivity index (χ1n) is 15.4. The minimum atomic E-state index is -4.37. The van der Waals surface area contributed by atoms with Crippen molar-refractivity contribution in [3.8, 4) is 11.5 Å². The molecule has 0 fully saturated rings. The number of anilines is 1. The first-order valence-corrected chi connectivity index (χ1v) is 17.6. The quantitative estimate of drug-likeness (QED) is 0.129. The molecule has 0 aliphatic heterocycles. The first kappa shape index (κ1) is 36.6. The topological polar surface area (TPSA) is 105 Å². The molecule has 254 valence electrons. The van der Waals surface area contributed by atoms with E-state index in [1.807, 2.05) is 37.3 Å². The Morgan fingerprint density at radius 2 is 1.50 bits per heavy atom. The zero-order valence-electron chi connectivity index (χ0n) is 27.1. The number of halogens is 2. The molecular formula is C36H39Cl2N3O6S. The van der Waals surface area contributed by atoms with Crippen LogP contribution in [-0.4, -0.2) is 58.5 Å². The third kappa shape index (κ3) is 9.43. The Bertz CT molecular complexity index is 1790. The van der Waals surface area contributed by atoms with E-state index in [-0.39, 0.29) is 35.2 Å². The Morgan fingerprint density at radius 1 is 0.812 bits per heavy atom. The number of amides is 2. The molecule has 1 unspecified atom stereocenters. The van der Waals surface area contributed by atoms with Crippen LogP contribution in [0.1, 0.15) is 30.9 Å². The lowest BCUT2D eigenvalue weighted by molar-refractivity contribution is -0.140. The standard InChI is InChI=1S/C36H39Cl2N3O6S/c1-4-5-20-39-36(43)32(22-26-10-7-6-8-11-26)40(24-27-12-9-13-29(38)21-27)35(42)25-41(30-16-14-28(37)15-17-30)48(44,45)31-18-19-33(46-2)34(23-31)47-3/h6-19,21,23,32H,4-5,20,22,24-25H2,1-3H3,(H,39,43). The summed E-state index contributed by atoms with van der Waals surface area (Å²) in [5, 5.41) is 3.83. The Labute approximate surface area is 292 Å². The van der Waals surface area contributed by atoms with Crippen molar-refractivity contribution in [3.63, 3.8) is 0 Å². The molecule has 0 heterocycles. The normalized spacial score (nSPS) is 11.8. The van der Waals surface area contributed by atoms with Gasteiger partial charge in [0.2, 0.25) is 11.8 Å². The van der Waals surface area contributed by atoms with E-state index in [1.165, 1.54) is 49.5 Å². The Kier molecular flexibility index (Phi) is 13.1. The lowest BCUT2D eigenvalue weighted by atomic mass is 10.0. The molecule has 0 saturated carbocycles. The summed E-state index contributed by atoms with van der Waals surface area (Å²) in [4.78, 5) is 29.8. The number of hydrogen-bond acceptors (Lipinski definition) is 6. The van der Waals surface area contributed by atoms with Gasteiger partial charge in [0.1, 0.15) is 12.6 Å². The van der Waals surface area contributed by atoms with E-state index in [9.17, 15) is 18.0 Å². The van der Waals surface area contributed by atoms with Gasteiger partial charge in [0.25, 0.3) is 10.0 Å². The zero-order chi connectivity index (χ0) is 34.7. The van der Waals surface area contributed by atoms with Crippen LogP contribution >= 0.6 is 23.2 Å². The van der Waals surface area contributed by atoms with Crippen molar-refractivity contribution < 1.29 is 27.5 Å². The van der Waals surface area contributed by atoms with Crippen LogP contribution in [0.2, 0.25) is 10.0 Å². The maximum absolute atomic E-state index is 14.6. The fourth-order valence-electron chi connectivity index (χ4n) is 5.13. The van der Waals surface area contributed by atoms with E-state index in [4.69, 9.17) is 32.7 Å². The second-order valence-electron chi connectivity index (χ2n) is 11.0. The number of carbonyl (C=O) groups excluding carboxylic acids is 2. The molecular weight excluding hydrogens is 673 g/mol. The van der Waals surface area contributed by atoms with Crippen molar-refractivity contribution in [2.45, 2.75) is 43.7 Å². The summed E-state index contributed by atoms with van der Waals surface area (Å²) in [5.41, 5.74) is 1.72. The molecule has 48 heavy (non-hydrogen) atoms.